The molecule has 17 heavy (non-hydrogen) atoms. The highest BCUT2D eigenvalue weighted by atomic mass is 19.4. The van der Waals surface area contributed by atoms with Gasteiger partial charge in [-0.1, -0.05) is 0 Å². The van der Waals surface area contributed by atoms with Gasteiger partial charge < -0.3 is 9.84 Å². The van der Waals surface area contributed by atoms with Gasteiger partial charge in [0.15, 0.2) is 0 Å². The van der Waals surface area contributed by atoms with Gasteiger partial charge in [-0.05, 0) is 32.0 Å². The van der Waals surface area contributed by atoms with Crippen LogP contribution in [0, 0.1) is 0 Å². The van der Waals surface area contributed by atoms with E-state index in [0.29, 0.717) is 6.07 Å². The molecule has 0 aliphatic rings. The van der Waals surface area contributed by atoms with Crippen LogP contribution in [0.25, 0.3) is 0 Å². The number of ether oxygens (including phenoxy) is 1. The van der Waals surface area contributed by atoms with Crippen LogP contribution in [0.2, 0.25) is 0 Å². The van der Waals surface area contributed by atoms with Crippen molar-refractivity contribution < 1.29 is 27.8 Å². The van der Waals surface area contributed by atoms with Crippen molar-refractivity contribution in [2.24, 2.45) is 0 Å². The average Bonchev–Trinajstić information content (AvgIpc) is 2.14. The third kappa shape index (κ3) is 3.37. The quantitative estimate of drug-likeness (QED) is 0.893. The smallest absolute Gasteiger partial charge is 0.419 e. The molecule has 0 bridgehead atoms. The Morgan fingerprint density at radius 1 is 1.35 bits per heavy atom. The van der Waals surface area contributed by atoms with Gasteiger partial charge in [0.05, 0.1) is 17.2 Å². The molecular weight excluding hydrogens is 237 g/mol. The summed E-state index contributed by atoms with van der Waals surface area (Å²) < 4.78 is 42.8. The van der Waals surface area contributed by atoms with Crippen molar-refractivity contribution >= 4 is 5.97 Å². The number of alkyl halides is 3. The van der Waals surface area contributed by atoms with Crippen LogP contribution in [-0.4, -0.2) is 17.2 Å². The van der Waals surface area contributed by atoms with E-state index in [1.807, 2.05) is 0 Å². The maximum absolute atomic E-state index is 12.6. The molecule has 0 aliphatic heterocycles. The first-order chi connectivity index (χ1) is 7.71. The molecule has 0 unspecified atom stereocenters. The number of carbonyl (C=O) groups is 1. The number of aromatic carboxylic acids is 1. The molecule has 0 aromatic heterocycles. The highest BCUT2D eigenvalue weighted by molar-refractivity contribution is 5.88. The van der Waals surface area contributed by atoms with E-state index in [9.17, 15) is 18.0 Å². The fraction of sp³-hybridized carbons (Fsp3) is 0.364. The molecule has 0 saturated carbocycles. The van der Waals surface area contributed by atoms with Gasteiger partial charge in [-0.25, -0.2) is 4.79 Å². The van der Waals surface area contributed by atoms with Crippen molar-refractivity contribution in [3.8, 4) is 5.75 Å². The van der Waals surface area contributed by atoms with Crippen LogP contribution in [0.5, 0.6) is 5.75 Å². The van der Waals surface area contributed by atoms with E-state index >= 15 is 0 Å². The Balaban J connectivity index is 3.26. The molecule has 0 aliphatic carbocycles. The number of carboxylic acid groups (broad SMARTS) is 1. The molecule has 0 amide bonds. The van der Waals surface area contributed by atoms with Gasteiger partial charge in [0.25, 0.3) is 0 Å². The van der Waals surface area contributed by atoms with Gasteiger partial charge >= 0.3 is 12.1 Å². The predicted octanol–water partition coefficient (Wildman–Crippen LogP) is 3.19. The minimum atomic E-state index is -4.57. The van der Waals surface area contributed by atoms with Crippen molar-refractivity contribution in [3.05, 3.63) is 29.3 Å². The standard InChI is InChI=1S/C11H11F3O3/c1-6(2)17-9-5-7(10(15)16)3-4-8(9)11(12,13)14/h3-6H,1-2H3,(H,15,16). The molecular formula is C11H11F3O3. The van der Waals surface area contributed by atoms with E-state index in [1.165, 1.54) is 0 Å². The van der Waals surface area contributed by atoms with Gasteiger partial charge in [0, 0.05) is 0 Å². The van der Waals surface area contributed by atoms with Crippen molar-refractivity contribution in [1.82, 2.24) is 0 Å². The lowest BCUT2D eigenvalue weighted by Crippen LogP contribution is -2.13. The van der Waals surface area contributed by atoms with Gasteiger partial charge in [0.2, 0.25) is 0 Å². The van der Waals surface area contributed by atoms with Gasteiger partial charge in [-0.15, -0.1) is 0 Å². The zero-order valence-corrected chi connectivity index (χ0v) is 9.21. The zero-order valence-electron chi connectivity index (χ0n) is 9.21. The largest absolute Gasteiger partial charge is 0.490 e. The molecule has 1 aromatic rings. The van der Waals surface area contributed by atoms with Crippen LogP contribution >= 0.6 is 0 Å². The second kappa shape index (κ2) is 4.65. The lowest BCUT2D eigenvalue weighted by molar-refractivity contribution is -0.139. The fourth-order valence-corrected chi connectivity index (χ4v) is 1.24. The maximum atomic E-state index is 12.6. The molecule has 1 aromatic carbocycles. The lowest BCUT2D eigenvalue weighted by atomic mass is 10.1. The normalized spacial score (nSPS) is 11.6. The van der Waals surface area contributed by atoms with E-state index < -0.39 is 29.6 Å². The molecule has 0 spiro atoms. The first kappa shape index (κ1) is 13.3. The van der Waals surface area contributed by atoms with Crippen LogP contribution in [0.4, 0.5) is 13.2 Å². The summed E-state index contributed by atoms with van der Waals surface area (Å²) in [6.07, 6.45) is -5.04. The minimum Gasteiger partial charge on any atom is -0.490 e. The summed E-state index contributed by atoms with van der Waals surface area (Å²) in [5.74, 6) is -1.76. The Morgan fingerprint density at radius 2 is 1.94 bits per heavy atom. The SMILES string of the molecule is CC(C)Oc1cc(C(=O)O)ccc1C(F)(F)F. The van der Waals surface area contributed by atoms with Crippen LogP contribution in [0.3, 0.4) is 0 Å². The van der Waals surface area contributed by atoms with Crippen molar-refractivity contribution in [2.45, 2.75) is 26.1 Å². The Labute approximate surface area is 95.8 Å². The summed E-state index contributed by atoms with van der Waals surface area (Å²) >= 11 is 0. The molecule has 0 heterocycles. The second-order valence-electron chi connectivity index (χ2n) is 3.68. The highest BCUT2D eigenvalue weighted by Crippen LogP contribution is 2.37. The van der Waals surface area contributed by atoms with E-state index in [-0.39, 0.29) is 5.56 Å². The van der Waals surface area contributed by atoms with Gasteiger partial charge in [0.1, 0.15) is 5.75 Å². The molecule has 0 radical (unpaired) electrons. The van der Waals surface area contributed by atoms with Gasteiger partial charge in [-0.3, -0.25) is 0 Å². The van der Waals surface area contributed by atoms with Crippen LogP contribution in [0.15, 0.2) is 18.2 Å². The molecule has 0 fully saturated rings. The second-order valence-corrected chi connectivity index (χ2v) is 3.68. The van der Waals surface area contributed by atoms with Crippen LogP contribution in [-0.2, 0) is 6.18 Å². The number of hydrogen-bond donors (Lipinski definition) is 1. The summed E-state index contributed by atoms with van der Waals surface area (Å²) in [5, 5.41) is 8.70. The molecule has 6 heteroatoms. The lowest BCUT2D eigenvalue weighted by Gasteiger charge is -2.16. The molecule has 0 saturated heterocycles. The van der Waals surface area contributed by atoms with Crippen LogP contribution in [0.1, 0.15) is 29.8 Å². The van der Waals surface area contributed by atoms with Gasteiger partial charge in [-0.2, -0.15) is 13.2 Å². The number of benzene rings is 1. The van der Waals surface area contributed by atoms with E-state index in [4.69, 9.17) is 9.84 Å². The molecule has 0 atom stereocenters. The average molecular weight is 248 g/mol. The van der Waals surface area contributed by atoms with E-state index in [2.05, 4.69) is 0 Å². The molecule has 94 valence electrons. The summed E-state index contributed by atoms with van der Waals surface area (Å²) in [6, 6.07) is 2.49. The zero-order chi connectivity index (χ0) is 13.2. The third-order valence-corrected chi connectivity index (χ3v) is 1.90. The van der Waals surface area contributed by atoms with E-state index in [0.717, 1.165) is 12.1 Å². The molecule has 1 rings (SSSR count). The summed E-state index contributed by atoms with van der Waals surface area (Å²) in [4.78, 5) is 10.7. The first-order valence-corrected chi connectivity index (χ1v) is 4.83. The Morgan fingerprint density at radius 3 is 2.35 bits per heavy atom. The number of hydrogen-bond acceptors (Lipinski definition) is 2. The number of halogens is 3. The minimum absolute atomic E-state index is 0.242. The number of rotatable bonds is 3. The van der Waals surface area contributed by atoms with Crippen molar-refractivity contribution in [2.75, 3.05) is 0 Å². The first-order valence-electron chi connectivity index (χ1n) is 4.83. The van der Waals surface area contributed by atoms with Crippen molar-refractivity contribution in [3.63, 3.8) is 0 Å². The summed E-state index contributed by atoms with van der Waals surface area (Å²) in [6.45, 7) is 3.13. The Bertz CT molecular complexity index is 424. The Hall–Kier alpha value is -1.72. The predicted molar refractivity (Wildman–Crippen MR) is 54.2 cm³/mol. The maximum Gasteiger partial charge on any atom is 0.419 e. The number of carboxylic acids is 1. The fourth-order valence-electron chi connectivity index (χ4n) is 1.24. The third-order valence-electron chi connectivity index (χ3n) is 1.90. The Kier molecular flexibility index (Phi) is 3.65. The topological polar surface area (TPSA) is 46.5 Å². The van der Waals surface area contributed by atoms with E-state index in [1.54, 1.807) is 13.8 Å². The van der Waals surface area contributed by atoms with Crippen molar-refractivity contribution in [1.29, 1.82) is 0 Å². The summed E-state index contributed by atoms with van der Waals surface area (Å²) in [5.41, 5.74) is -1.22. The summed E-state index contributed by atoms with van der Waals surface area (Å²) in [7, 11) is 0. The monoisotopic (exact) mass is 248 g/mol. The molecule has 3 nitrogen and oxygen atoms in total. The highest BCUT2D eigenvalue weighted by Gasteiger charge is 2.35. The van der Waals surface area contributed by atoms with Crippen LogP contribution < -0.4 is 4.74 Å². The molecule has 1 N–H and O–H groups in total.